The van der Waals surface area contributed by atoms with E-state index in [2.05, 4.69) is 5.32 Å². The Labute approximate surface area is 67.1 Å². The van der Waals surface area contributed by atoms with Crippen molar-refractivity contribution in [3.63, 3.8) is 0 Å². The van der Waals surface area contributed by atoms with Gasteiger partial charge in [-0.1, -0.05) is 0 Å². The molecule has 2 heterocycles. The summed E-state index contributed by atoms with van der Waals surface area (Å²) in [5.74, 6) is 0. The molecule has 0 saturated carbocycles. The minimum Gasteiger partial charge on any atom is -0.381 e. The summed E-state index contributed by atoms with van der Waals surface area (Å²) in [6, 6.07) is 0. The predicted molar refractivity (Wildman–Crippen MR) is 41.6 cm³/mol. The zero-order chi connectivity index (χ0) is 7.57. The predicted octanol–water partition coefficient (Wildman–Crippen LogP) is 0.0129. The highest BCUT2D eigenvalue weighted by atomic mass is 16.5. The Morgan fingerprint density at radius 2 is 1.91 bits per heavy atom. The van der Waals surface area contributed by atoms with Crippen molar-refractivity contribution >= 4 is 0 Å². The monoisotopic (exact) mass is 157 g/mol. The van der Waals surface area contributed by atoms with Crippen LogP contribution in [0.2, 0.25) is 0 Å². The highest BCUT2D eigenvalue weighted by molar-refractivity contribution is 4.88. The van der Waals surface area contributed by atoms with Gasteiger partial charge in [0.25, 0.3) is 0 Å². The van der Waals surface area contributed by atoms with Gasteiger partial charge in [-0.15, -0.1) is 0 Å². The second-order valence-corrected chi connectivity index (χ2v) is 3.58. The van der Waals surface area contributed by atoms with Crippen LogP contribution in [0, 0.1) is 5.41 Å². The van der Waals surface area contributed by atoms with Gasteiger partial charge in [-0.3, -0.25) is 0 Å². The molecule has 0 aromatic heterocycles. The summed E-state index contributed by atoms with van der Waals surface area (Å²) in [6.45, 7) is 5.67. The van der Waals surface area contributed by atoms with Crippen molar-refractivity contribution in [1.82, 2.24) is 5.32 Å². The maximum atomic E-state index is 5.51. The molecule has 2 rings (SSSR count). The number of ether oxygens (including phenoxy) is 2. The van der Waals surface area contributed by atoms with Crippen LogP contribution >= 0.6 is 0 Å². The number of hydrogen-bond donors (Lipinski definition) is 1. The summed E-state index contributed by atoms with van der Waals surface area (Å²) in [4.78, 5) is 0. The Morgan fingerprint density at radius 1 is 1.09 bits per heavy atom. The zero-order valence-corrected chi connectivity index (χ0v) is 6.77. The lowest BCUT2D eigenvalue weighted by atomic mass is 9.86. The first-order valence-electron chi connectivity index (χ1n) is 4.28. The van der Waals surface area contributed by atoms with Crippen LogP contribution in [0.1, 0.15) is 6.42 Å². The van der Waals surface area contributed by atoms with Crippen molar-refractivity contribution in [2.45, 2.75) is 6.42 Å². The van der Waals surface area contributed by atoms with Gasteiger partial charge in [0, 0.05) is 13.2 Å². The summed E-state index contributed by atoms with van der Waals surface area (Å²) >= 11 is 0. The van der Waals surface area contributed by atoms with E-state index >= 15 is 0 Å². The molecule has 1 N–H and O–H groups in total. The minimum absolute atomic E-state index is 0.320. The highest BCUT2D eigenvalue weighted by Gasteiger charge is 2.38. The van der Waals surface area contributed by atoms with E-state index in [1.165, 1.54) is 0 Å². The molecule has 3 heteroatoms. The lowest BCUT2D eigenvalue weighted by Gasteiger charge is -2.42. The molecule has 2 aliphatic rings. The van der Waals surface area contributed by atoms with Crippen LogP contribution in [-0.4, -0.2) is 39.5 Å². The summed E-state index contributed by atoms with van der Waals surface area (Å²) in [5.41, 5.74) is 0.320. The molecule has 1 spiro atoms. The van der Waals surface area contributed by atoms with E-state index in [1.807, 2.05) is 0 Å². The van der Waals surface area contributed by atoms with Crippen molar-refractivity contribution < 1.29 is 9.47 Å². The first-order valence-corrected chi connectivity index (χ1v) is 4.28. The molecule has 0 radical (unpaired) electrons. The van der Waals surface area contributed by atoms with Gasteiger partial charge in [-0.05, 0) is 13.0 Å². The smallest absolute Gasteiger partial charge is 0.0579 e. The normalized spacial score (nSPS) is 30.5. The Balaban J connectivity index is 1.86. The van der Waals surface area contributed by atoms with E-state index in [1.54, 1.807) is 0 Å². The van der Waals surface area contributed by atoms with Gasteiger partial charge in [-0.25, -0.2) is 0 Å². The maximum absolute atomic E-state index is 5.51. The van der Waals surface area contributed by atoms with Crippen LogP contribution in [0.4, 0.5) is 0 Å². The molecule has 2 saturated heterocycles. The van der Waals surface area contributed by atoms with Crippen LogP contribution in [0.5, 0.6) is 0 Å². The van der Waals surface area contributed by atoms with Gasteiger partial charge in [0.15, 0.2) is 0 Å². The molecule has 0 amide bonds. The minimum atomic E-state index is 0.320. The largest absolute Gasteiger partial charge is 0.381 e. The number of rotatable bonds is 0. The second kappa shape index (κ2) is 3.09. The molecule has 0 bridgehead atoms. The van der Waals surface area contributed by atoms with E-state index < -0.39 is 0 Å². The topological polar surface area (TPSA) is 30.5 Å². The summed E-state index contributed by atoms with van der Waals surface area (Å²) in [6.07, 6.45) is 1.14. The SMILES string of the molecule is C1CNCC2(COC1)COC2. The molecule has 0 aromatic carbocycles. The van der Waals surface area contributed by atoms with Gasteiger partial charge in [0.05, 0.1) is 25.2 Å². The van der Waals surface area contributed by atoms with E-state index in [9.17, 15) is 0 Å². The van der Waals surface area contributed by atoms with Crippen LogP contribution in [0.3, 0.4) is 0 Å². The highest BCUT2D eigenvalue weighted by Crippen LogP contribution is 2.27. The molecule has 0 aliphatic carbocycles. The van der Waals surface area contributed by atoms with Crippen LogP contribution < -0.4 is 5.32 Å². The Morgan fingerprint density at radius 3 is 2.64 bits per heavy atom. The first kappa shape index (κ1) is 7.53. The van der Waals surface area contributed by atoms with Gasteiger partial charge < -0.3 is 14.8 Å². The van der Waals surface area contributed by atoms with Gasteiger partial charge in [-0.2, -0.15) is 0 Å². The molecular formula is C8H15NO2. The Bertz CT molecular complexity index is 124. The molecule has 2 aliphatic heterocycles. The fourth-order valence-electron chi connectivity index (χ4n) is 1.57. The van der Waals surface area contributed by atoms with Crippen LogP contribution in [0.25, 0.3) is 0 Å². The third-order valence-electron chi connectivity index (χ3n) is 2.37. The fraction of sp³-hybridized carbons (Fsp3) is 1.00. The lowest BCUT2D eigenvalue weighted by Crippen LogP contribution is -2.53. The molecule has 0 unspecified atom stereocenters. The summed E-state index contributed by atoms with van der Waals surface area (Å²) < 4.78 is 10.7. The van der Waals surface area contributed by atoms with E-state index in [4.69, 9.17) is 9.47 Å². The fourth-order valence-corrected chi connectivity index (χ4v) is 1.57. The van der Waals surface area contributed by atoms with Crippen LogP contribution in [0.15, 0.2) is 0 Å². The average molecular weight is 157 g/mol. The van der Waals surface area contributed by atoms with Crippen LogP contribution in [-0.2, 0) is 9.47 Å². The van der Waals surface area contributed by atoms with E-state index in [0.717, 1.165) is 45.9 Å². The van der Waals surface area contributed by atoms with Crippen molar-refractivity contribution in [2.24, 2.45) is 5.41 Å². The molecular weight excluding hydrogens is 142 g/mol. The standard InChI is InChI=1S/C8H15NO2/c1-2-9-4-8(5-10-3-1)6-11-7-8/h9H,1-7H2. The van der Waals surface area contributed by atoms with Gasteiger partial charge in [0.2, 0.25) is 0 Å². The van der Waals surface area contributed by atoms with Crippen molar-refractivity contribution in [3.8, 4) is 0 Å². The number of hydrogen-bond acceptors (Lipinski definition) is 3. The molecule has 3 nitrogen and oxygen atoms in total. The maximum Gasteiger partial charge on any atom is 0.0579 e. The molecule has 2 fully saturated rings. The molecule has 11 heavy (non-hydrogen) atoms. The van der Waals surface area contributed by atoms with Crippen molar-refractivity contribution in [3.05, 3.63) is 0 Å². The Kier molecular flexibility index (Phi) is 2.11. The number of nitrogens with one attached hydrogen (secondary N) is 1. The van der Waals surface area contributed by atoms with Gasteiger partial charge >= 0.3 is 0 Å². The zero-order valence-electron chi connectivity index (χ0n) is 6.77. The second-order valence-electron chi connectivity index (χ2n) is 3.58. The van der Waals surface area contributed by atoms with Gasteiger partial charge in [0.1, 0.15) is 0 Å². The molecule has 64 valence electrons. The molecule has 0 atom stereocenters. The quantitative estimate of drug-likeness (QED) is 0.537. The third kappa shape index (κ3) is 1.55. The summed E-state index contributed by atoms with van der Waals surface area (Å²) in [5, 5.41) is 3.42. The Hall–Kier alpha value is -0.120. The summed E-state index contributed by atoms with van der Waals surface area (Å²) in [7, 11) is 0. The lowest BCUT2D eigenvalue weighted by molar-refractivity contribution is -0.150. The first-order chi connectivity index (χ1) is 5.41. The van der Waals surface area contributed by atoms with E-state index in [0.29, 0.717) is 5.41 Å². The molecule has 0 aromatic rings. The van der Waals surface area contributed by atoms with Crippen molar-refractivity contribution in [2.75, 3.05) is 39.5 Å². The van der Waals surface area contributed by atoms with E-state index in [-0.39, 0.29) is 0 Å². The third-order valence-corrected chi connectivity index (χ3v) is 2.37. The average Bonchev–Trinajstić information content (AvgIpc) is 1.82. The van der Waals surface area contributed by atoms with Crippen molar-refractivity contribution in [1.29, 1.82) is 0 Å².